The molecule has 0 radical (unpaired) electrons. The molecule has 3 nitrogen and oxygen atoms in total. The van der Waals surface area contributed by atoms with Crippen molar-refractivity contribution in [2.45, 2.75) is 32.6 Å². The third-order valence-corrected chi connectivity index (χ3v) is 4.49. The molecule has 21 heavy (non-hydrogen) atoms. The second-order valence-corrected chi connectivity index (χ2v) is 6.03. The summed E-state index contributed by atoms with van der Waals surface area (Å²) in [7, 11) is 2.04. The maximum absolute atomic E-state index is 5.89. The Morgan fingerprint density at radius 3 is 2.81 bits per heavy atom. The molecule has 0 aromatic heterocycles. The van der Waals surface area contributed by atoms with Crippen LogP contribution < -0.4 is 10.1 Å². The zero-order valence-corrected chi connectivity index (χ0v) is 13.6. The van der Waals surface area contributed by atoms with Crippen LogP contribution in [0, 0.1) is 5.92 Å². The van der Waals surface area contributed by atoms with Crippen LogP contribution in [0.25, 0.3) is 0 Å². The molecular formula is C18H30N2O. The molecule has 0 aliphatic carbocycles. The molecule has 0 spiro atoms. The Balaban J connectivity index is 1.63. The first-order valence-corrected chi connectivity index (χ1v) is 8.40. The van der Waals surface area contributed by atoms with Gasteiger partial charge in [0.05, 0.1) is 0 Å². The Hall–Kier alpha value is -1.06. The van der Waals surface area contributed by atoms with E-state index in [1.54, 1.807) is 0 Å². The lowest BCUT2D eigenvalue weighted by molar-refractivity contribution is 0.151. The Bertz CT molecular complexity index is 400. The first kappa shape index (κ1) is 16.3. The summed E-state index contributed by atoms with van der Waals surface area (Å²) in [6.07, 6.45) is 5.07. The summed E-state index contributed by atoms with van der Waals surface area (Å²) < 4.78 is 5.89. The topological polar surface area (TPSA) is 24.5 Å². The smallest absolute Gasteiger partial charge is 0.119 e. The van der Waals surface area contributed by atoms with Crippen LogP contribution in [0.4, 0.5) is 0 Å². The molecule has 118 valence electrons. The average Bonchev–Trinajstić information content (AvgIpc) is 2.54. The zero-order chi connectivity index (χ0) is 14.9. The first-order chi connectivity index (χ1) is 10.3. The summed E-state index contributed by atoms with van der Waals surface area (Å²) in [6, 6.07) is 8.46. The van der Waals surface area contributed by atoms with Crippen molar-refractivity contribution in [1.29, 1.82) is 0 Å². The van der Waals surface area contributed by atoms with Crippen LogP contribution >= 0.6 is 0 Å². The molecule has 1 heterocycles. The molecule has 1 aromatic rings. The fourth-order valence-electron chi connectivity index (χ4n) is 2.99. The van der Waals surface area contributed by atoms with E-state index >= 15 is 0 Å². The van der Waals surface area contributed by atoms with Gasteiger partial charge < -0.3 is 10.1 Å². The largest absolute Gasteiger partial charge is 0.492 e. The molecular weight excluding hydrogens is 260 g/mol. The summed E-state index contributed by atoms with van der Waals surface area (Å²) in [5.41, 5.74) is 1.35. The number of rotatable bonds is 8. The van der Waals surface area contributed by atoms with Crippen LogP contribution in [0.2, 0.25) is 0 Å². The van der Waals surface area contributed by atoms with Gasteiger partial charge in [0.25, 0.3) is 0 Å². The Morgan fingerprint density at radius 1 is 1.29 bits per heavy atom. The van der Waals surface area contributed by atoms with E-state index in [0.717, 1.165) is 37.8 Å². The molecule has 1 aliphatic rings. The van der Waals surface area contributed by atoms with Gasteiger partial charge in [-0.3, -0.25) is 4.90 Å². The van der Waals surface area contributed by atoms with Crippen LogP contribution in [0.15, 0.2) is 24.3 Å². The number of piperidine rings is 1. The van der Waals surface area contributed by atoms with E-state index in [1.165, 1.54) is 37.9 Å². The summed E-state index contributed by atoms with van der Waals surface area (Å²) in [6.45, 7) is 7.64. The SMILES string of the molecule is CCc1cccc(OCCN2CCC(CCNC)CC2)c1. The molecule has 0 saturated carbocycles. The molecule has 2 rings (SSSR count). The Morgan fingerprint density at radius 2 is 2.10 bits per heavy atom. The van der Waals surface area contributed by atoms with Gasteiger partial charge in [-0.25, -0.2) is 0 Å². The normalized spacial score (nSPS) is 17.0. The van der Waals surface area contributed by atoms with Gasteiger partial charge in [-0.1, -0.05) is 19.1 Å². The monoisotopic (exact) mass is 290 g/mol. The van der Waals surface area contributed by atoms with Crippen molar-refractivity contribution in [2.24, 2.45) is 5.92 Å². The number of hydrogen-bond donors (Lipinski definition) is 1. The van der Waals surface area contributed by atoms with Gasteiger partial charge in [0.1, 0.15) is 12.4 Å². The van der Waals surface area contributed by atoms with Gasteiger partial charge in [-0.05, 0) is 76.0 Å². The third-order valence-electron chi connectivity index (χ3n) is 4.49. The number of hydrogen-bond acceptors (Lipinski definition) is 3. The van der Waals surface area contributed by atoms with Gasteiger partial charge in [0.15, 0.2) is 0 Å². The van der Waals surface area contributed by atoms with Crippen molar-refractivity contribution in [3.63, 3.8) is 0 Å². The number of ether oxygens (including phenoxy) is 1. The quantitative estimate of drug-likeness (QED) is 0.796. The number of benzene rings is 1. The van der Waals surface area contributed by atoms with E-state index in [2.05, 4.69) is 41.4 Å². The highest BCUT2D eigenvalue weighted by molar-refractivity contribution is 5.28. The zero-order valence-electron chi connectivity index (χ0n) is 13.6. The minimum Gasteiger partial charge on any atom is -0.492 e. The Labute approximate surface area is 129 Å². The van der Waals surface area contributed by atoms with Crippen molar-refractivity contribution in [1.82, 2.24) is 10.2 Å². The molecule has 0 unspecified atom stereocenters. The lowest BCUT2D eigenvalue weighted by atomic mass is 9.93. The highest BCUT2D eigenvalue weighted by Gasteiger charge is 2.18. The number of nitrogens with zero attached hydrogens (tertiary/aromatic N) is 1. The van der Waals surface area contributed by atoms with Gasteiger partial charge in [0.2, 0.25) is 0 Å². The third kappa shape index (κ3) is 5.68. The van der Waals surface area contributed by atoms with Crippen molar-refractivity contribution in [3.8, 4) is 5.75 Å². The van der Waals surface area contributed by atoms with Gasteiger partial charge in [-0.2, -0.15) is 0 Å². The summed E-state index contributed by atoms with van der Waals surface area (Å²) in [4.78, 5) is 2.54. The molecule has 0 amide bonds. The maximum Gasteiger partial charge on any atom is 0.119 e. The van der Waals surface area contributed by atoms with E-state index in [4.69, 9.17) is 4.74 Å². The lowest BCUT2D eigenvalue weighted by Gasteiger charge is -2.31. The molecule has 0 bridgehead atoms. The molecule has 1 saturated heterocycles. The summed E-state index contributed by atoms with van der Waals surface area (Å²) in [5.74, 6) is 1.93. The number of aryl methyl sites for hydroxylation is 1. The minimum absolute atomic E-state index is 0.800. The second kappa shape index (κ2) is 9.06. The van der Waals surface area contributed by atoms with Crippen LogP contribution in [0.1, 0.15) is 31.7 Å². The predicted molar refractivity (Wildman–Crippen MR) is 89.0 cm³/mol. The first-order valence-electron chi connectivity index (χ1n) is 8.40. The molecule has 1 fully saturated rings. The van der Waals surface area contributed by atoms with Crippen LogP contribution in [0.3, 0.4) is 0 Å². The van der Waals surface area contributed by atoms with Crippen molar-refractivity contribution < 1.29 is 4.74 Å². The fraction of sp³-hybridized carbons (Fsp3) is 0.667. The van der Waals surface area contributed by atoms with Crippen molar-refractivity contribution in [2.75, 3.05) is 39.8 Å². The van der Waals surface area contributed by atoms with E-state index in [9.17, 15) is 0 Å². The van der Waals surface area contributed by atoms with E-state index < -0.39 is 0 Å². The van der Waals surface area contributed by atoms with Gasteiger partial charge >= 0.3 is 0 Å². The predicted octanol–water partition coefficient (Wildman–Crippen LogP) is 2.95. The maximum atomic E-state index is 5.89. The molecule has 1 aliphatic heterocycles. The second-order valence-electron chi connectivity index (χ2n) is 6.03. The van der Waals surface area contributed by atoms with Crippen LogP contribution in [-0.4, -0.2) is 44.7 Å². The van der Waals surface area contributed by atoms with Gasteiger partial charge in [-0.15, -0.1) is 0 Å². The molecule has 3 heteroatoms. The minimum atomic E-state index is 0.800. The Kier molecular flexibility index (Phi) is 7.04. The van der Waals surface area contributed by atoms with E-state index in [0.29, 0.717) is 0 Å². The molecule has 0 atom stereocenters. The standard InChI is InChI=1S/C18H30N2O/c1-3-16-5-4-6-18(15-16)21-14-13-20-11-8-17(9-12-20)7-10-19-2/h4-6,15,17,19H,3,7-14H2,1-2H3. The molecule has 1 N–H and O–H groups in total. The van der Waals surface area contributed by atoms with Crippen molar-refractivity contribution in [3.05, 3.63) is 29.8 Å². The lowest BCUT2D eigenvalue weighted by Crippen LogP contribution is -2.37. The average molecular weight is 290 g/mol. The van der Waals surface area contributed by atoms with Crippen LogP contribution in [0.5, 0.6) is 5.75 Å². The highest BCUT2D eigenvalue weighted by Crippen LogP contribution is 2.20. The number of nitrogens with one attached hydrogen (secondary N) is 1. The van der Waals surface area contributed by atoms with Crippen molar-refractivity contribution >= 4 is 0 Å². The van der Waals surface area contributed by atoms with E-state index in [1.807, 2.05) is 7.05 Å². The van der Waals surface area contributed by atoms with Crippen LogP contribution in [-0.2, 0) is 6.42 Å². The number of likely N-dealkylation sites (tertiary alicyclic amines) is 1. The fourth-order valence-corrected chi connectivity index (χ4v) is 2.99. The highest BCUT2D eigenvalue weighted by atomic mass is 16.5. The van der Waals surface area contributed by atoms with Gasteiger partial charge in [0, 0.05) is 6.54 Å². The van der Waals surface area contributed by atoms with E-state index in [-0.39, 0.29) is 0 Å². The summed E-state index contributed by atoms with van der Waals surface area (Å²) >= 11 is 0. The molecule has 1 aromatic carbocycles. The summed E-state index contributed by atoms with van der Waals surface area (Å²) in [5, 5.41) is 3.25.